The van der Waals surface area contributed by atoms with Crippen LogP contribution in [0.1, 0.15) is 49.4 Å². The van der Waals surface area contributed by atoms with Gasteiger partial charge in [-0.2, -0.15) is 0 Å². The molecule has 4 heteroatoms. The molecule has 0 aromatic carbocycles. The fraction of sp³-hybridized carbons (Fsp3) is 0.714. The van der Waals surface area contributed by atoms with Crippen molar-refractivity contribution >= 4 is 11.6 Å². The Morgan fingerprint density at radius 2 is 1.83 bits per heavy atom. The maximum atomic E-state index is 4.71. The Labute approximate surface area is 109 Å². The van der Waals surface area contributed by atoms with Gasteiger partial charge >= 0.3 is 0 Å². The minimum Gasteiger partial charge on any atom is -0.373 e. The second-order valence-electron chi connectivity index (χ2n) is 5.61. The zero-order valence-electron chi connectivity index (χ0n) is 11.3. The average Bonchev–Trinajstić information content (AvgIpc) is 3.13. The molecule has 2 saturated carbocycles. The van der Waals surface area contributed by atoms with Gasteiger partial charge in [-0.3, -0.25) is 0 Å². The minimum atomic E-state index is 0.599. The highest BCUT2D eigenvalue weighted by molar-refractivity contribution is 5.57. The predicted molar refractivity (Wildman–Crippen MR) is 74.1 cm³/mol. The van der Waals surface area contributed by atoms with Gasteiger partial charge in [0.25, 0.3) is 0 Å². The highest BCUT2D eigenvalue weighted by atomic mass is 15.1. The molecule has 4 nitrogen and oxygen atoms in total. The van der Waals surface area contributed by atoms with Gasteiger partial charge in [0.2, 0.25) is 0 Å². The molecule has 1 aromatic heterocycles. The Morgan fingerprint density at radius 1 is 1.11 bits per heavy atom. The van der Waals surface area contributed by atoms with Crippen LogP contribution >= 0.6 is 0 Å². The van der Waals surface area contributed by atoms with E-state index >= 15 is 0 Å². The first-order valence-electron chi connectivity index (χ1n) is 7.08. The summed E-state index contributed by atoms with van der Waals surface area (Å²) in [5.41, 5.74) is 1.14. The molecule has 0 saturated heterocycles. The van der Waals surface area contributed by atoms with E-state index in [0.29, 0.717) is 5.92 Å². The average molecular weight is 246 g/mol. The summed E-state index contributed by atoms with van der Waals surface area (Å²) >= 11 is 0. The van der Waals surface area contributed by atoms with E-state index in [4.69, 9.17) is 4.98 Å². The molecular formula is C14H22N4. The van der Waals surface area contributed by atoms with E-state index in [0.717, 1.165) is 35.5 Å². The van der Waals surface area contributed by atoms with Crippen molar-refractivity contribution in [2.75, 3.05) is 24.2 Å². The lowest BCUT2D eigenvalue weighted by Crippen LogP contribution is -2.22. The molecule has 0 aliphatic heterocycles. The highest BCUT2D eigenvalue weighted by Crippen LogP contribution is 2.39. The Bertz CT molecular complexity index is 436. The molecular weight excluding hydrogens is 224 g/mol. The third-order valence-electron chi connectivity index (χ3n) is 4.13. The van der Waals surface area contributed by atoms with Crippen molar-refractivity contribution in [3.8, 4) is 0 Å². The van der Waals surface area contributed by atoms with Crippen molar-refractivity contribution in [2.24, 2.45) is 5.92 Å². The standard InChI is InChI=1S/C14H22N4/c1-9-12(15-2)17-14(11-6-7-11)18-13(9)16-8-10-4-3-5-10/h10-11H,3-8H2,1-2H3,(H2,15,16,17,18). The first-order valence-corrected chi connectivity index (χ1v) is 7.08. The van der Waals surface area contributed by atoms with Gasteiger partial charge in [-0.05, 0) is 38.5 Å². The van der Waals surface area contributed by atoms with Gasteiger partial charge in [-0.25, -0.2) is 9.97 Å². The van der Waals surface area contributed by atoms with E-state index in [2.05, 4.69) is 22.5 Å². The second kappa shape index (κ2) is 4.75. The zero-order valence-corrected chi connectivity index (χ0v) is 11.3. The summed E-state index contributed by atoms with van der Waals surface area (Å²) in [5.74, 6) is 4.47. The number of rotatable bonds is 5. The summed E-state index contributed by atoms with van der Waals surface area (Å²) in [5, 5.41) is 6.70. The third-order valence-corrected chi connectivity index (χ3v) is 4.13. The van der Waals surface area contributed by atoms with E-state index < -0.39 is 0 Å². The van der Waals surface area contributed by atoms with Crippen molar-refractivity contribution in [1.29, 1.82) is 0 Å². The number of nitrogens with zero attached hydrogens (tertiary/aromatic N) is 2. The van der Waals surface area contributed by atoms with Crippen molar-refractivity contribution in [3.63, 3.8) is 0 Å². The summed E-state index contributed by atoms with van der Waals surface area (Å²) in [6, 6.07) is 0. The van der Waals surface area contributed by atoms with E-state index in [-0.39, 0.29) is 0 Å². The van der Waals surface area contributed by atoms with E-state index in [1.165, 1.54) is 32.1 Å². The van der Waals surface area contributed by atoms with Gasteiger partial charge in [0.15, 0.2) is 0 Å². The maximum Gasteiger partial charge on any atom is 0.136 e. The van der Waals surface area contributed by atoms with Crippen LogP contribution in [-0.2, 0) is 0 Å². The molecule has 1 aromatic rings. The monoisotopic (exact) mass is 246 g/mol. The van der Waals surface area contributed by atoms with Crippen molar-refractivity contribution < 1.29 is 0 Å². The topological polar surface area (TPSA) is 49.8 Å². The fourth-order valence-corrected chi connectivity index (χ4v) is 2.41. The lowest BCUT2D eigenvalue weighted by atomic mass is 9.85. The first-order chi connectivity index (χ1) is 8.78. The maximum absolute atomic E-state index is 4.71. The van der Waals surface area contributed by atoms with Crippen LogP contribution < -0.4 is 10.6 Å². The molecule has 3 rings (SSSR count). The molecule has 1 heterocycles. The molecule has 0 bridgehead atoms. The van der Waals surface area contributed by atoms with E-state index in [1.807, 2.05) is 7.05 Å². The lowest BCUT2D eigenvalue weighted by Gasteiger charge is -2.26. The lowest BCUT2D eigenvalue weighted by molar-refractivity contribution is 0.333. The molecule has 0 spiro atoms. The van der Waals surface area contributed by atoms with Crippen LogP contribution in [0.15, 0.2) is 0 Å². The predicted octanol–water partition coefficient (Wildman–Crippen LogP) is 2.92. The zero-order chi connectivity index (χ0) is 12.5. The third kappa shape index (κ3) is 2.28. The largest absolute Gasteiger partial charge is 0.373 e. The summed E-state index contributed by atoms with van der Waals surface area (Å²) in [6.45, 7) is 3.15. The molecule has 2 fully saturated rings. The van der Waals surface area contributed by atoms with Crippen molar-refractivity contribution in [1.82, 2.24) is 9.97 Å². The summed E-state index contributed by atoms with van der Waals surface area (Å²) in [6.07, 6.45) is 6.61. The van der Waals surface area contributed by atoms with Crippen molar-refractivity contribution in [2.45, 2.75) is 44.9 Å². The van der Waals surface area contributed by atoms with Crippen LogP contribution in [0, 0.1) is 12.8 Å². The number of nitrogens with one attached hydrogen (secondary N) is 2. The molecule has 0 unspecified atom stereocenters. The first kappa shape index (κ1) is 11.8. The van der Waals surface area contributed by atoms with Gasteiger partial charge in [-0.15, -0.1) is 0 Å². The molecule has 0 amide bonds. The van der Waals surface area contributed by atoms with E-state index in [1.54, 1.807) is 0 Å². The number of aromatic nitrogens is 2. The molecule has 2 aliphatic rings. The van der Waals surface area contributed by atoms with Crippen LogP contribution in [0.2, 0.25) is 0 Å². The van der Waals surface area contributed by atoms with E-state index in [9.17, 15) is 0 Å². The Morgan fingerprint density at radius 3 is 2.39 bits per heavy atom. The van der Waals surface area contributed by atoms with Gasteiger partial charge < -0.3 is 10.6 Å². The molecule has 2 N–H and O–H groups in total. The summed E-state index contributed by atoms with van der Waals surface area (Å²) in [7, 11) is 1.93. The normalized spacial score (nSPS) is 19.4. The van der Waals surface area contributed by atoms with Gasteiger partial charge in [0, 0.05) is 25.1 Å². The Balaban J connectivity index is 1.78. The Kier molecular flexibility index (Phi) is 3.10. The van der Waals surface area contributed by atoms with Crippen LogP contribution in [0.25, 0.3) is 0 Å². The molecule has 2 aliphatic carbocycles. The van der Waals surface area contributed by atoms with Gasteiger partial charge in [0.1, 0.15) is 17.5 Å². The van der Waals surface area contributed by atoms with Crippen LogP contribution in [0.4, 0.5) is 11.6 Å². The van der Waals surface area contributed by atoms with Gasteiger partial charge in [-0.1, -0.05) is 6.42 Å². The summed E-state index contributed by atoms with van der Waals surface area (Å²) in [4.78, 5) is 9.32. The SMILES string of the molecule is CNc1nc(C2CC2)nc(NCC2CCC2)c1C. The van der Waals surface area contributed by atoms with Crippen molar-refractivity contribution in [3.05, 3.63) is 11.4 Å². The number of hydrogen-bond donors (Lipinski definition) is 2. The number of hydrogen-bond acceptors (Lipinski definition) is 4. The molecule has 98 valence electrons. The summed E-state index contributed by atoms with van der Waals surface area (Å²) < 4.78 is 0. The van der Waals surface area contributed by atoms with Gasteiger partial charge in [0.05, 0.1) is 0 Å². The number of anilines is 2. The minimum absolute atomic E-state index is 0.599. The smallest absolute Gasteiger partial charge is 0.136 e. The van der Waals surface area contributed by atoms with Crippen LogP contribution in [-0.4, -0.2) is 23.6 Å². The van der Waals surface area contributed by atoms with Crippen LogP contribution in [0.3, 0.4) is 0 Å². The molecule has 18 heavy (non-hydrogen) atoms. The van der Waals surface area contributed by atoms with Crippen LogP contribution in [0.5, 0.6) is 0 Å². The molecule has 0 atom stereocenters. The second-order valence-corrected chi connectivity index (χ2v) is 5.61. The fourth-order valence-electron chi connectivity index (χ4n) is 2.41. The highest BCUT2D eigenvalue weighted by Gasteiger charge is 2.28. The molecule has 0 radical (unpaired) electrons. The quantitative estimate of drug-likeness (QED) is 0.838. The Hall–Kier alpha value is -1.32.